The van der Waals surface area contributed by atoms with Gasteiger partial charge in [-0.2, -0.15) is 10.2 Å². The van der Waals surface area contributed by atoms with Crippen molar-refractivity contribution in [1.82, 2.24) is 19.6 Å². The Bertz CT molecular complexity index is 715. The summed E-state index contributed by atoms with van der Waals surface area (Å²) in [5.41, 5.74) is 3.06. The van der Waals surface area contributed by atoms with E-state index in [0.29, 0.717) is 25.4 Å². The quantitative estimate of drug-likeness (QED) is 0.802. The predicted octanol–water partition coefficient (Wildman–Crippen LogP) is 1.93. The maximum atomic E-state index is 12.3. The van der Waals surface area contributed by atoms with Crippen molar-refractivity contribution in [3.05, 3.63) is 29.2 Å². The average molecular weight is 331 g/mol. The minimum absolute atomic E-state index is 0.0656. The number of rotatable bonds is 8. The van der Waals surface area contributed by atoms with Crippen molar-refractivity contribution < 1.29 is 9.53 Å². The summed E-state index contributed by atoms with van der Waals surface area (Å²) in [4.78, 5) is 12.3. The number of hydrogen-bond acceptors (Lipinski definition) is 4. The second kappa shape index (κ2) is 7.17. The summed E-state index contributed by atoms with van der Waals surface area (Å²) in [5.74, 6) is 1.27. The molecule has 1 N–H and O–H groups in total. The number of aromatic nitrogens is 4. The molecule has 0 radical (unpaired) electrons. The van der Waals surface area contributed by atoms with Crippen LogP contribution in [-0.4, -0.2) is 39.2 Å². The summed E-state index contributed by atoms with van der Waals surface area (Å²) in [5, 5.41) is 11.8. The zero-order valence-corrected chi connectivity index (χ0v) is 14.6. The summed E-state index contributed by atoms with van der Waals surface area (Å²) in [6.45, 7) is 6.24. The van der Waals surface area contributed by atoms with Gasteiger partial charge in [-0.3, -0.25) is 14.2 Å². The molecular weight excluding hydrogens is 306 g/mol. The molecular formula is C17H25N5O2. The highest BCUT2D eigenvalue weighted by atomic mass is 16.5. The molecule has 0 atom stereocenters. The van der Waals surface area contributed by atoms with E-state index in [1.54, 1.807) is 17.9 Å². The Morgan fingerprint density at radius 1 is 1.38 bits per heavy atom. The van der Waals surface area contributed by atoms with E-state index in [1.165, 1.54) is 12.8 Å². The van der Waals surface area contributed by atoms with E-state index in [2.05, 4.69) is 20.2 Å². The van der Waals surface area contributed by atoms with Crippen LogP contribution in [0.25, 0.3) is 0 Å². The van der Waals surface area contributed by atoms with Gasteiger partial charge in [-0.25, -0.2) is 0 Å². The van der Waals surface area contributed by atoms with Gasteiger partial charge in [0.1, 0.15) is 0 Å². The number of nitrogens with zero attached hydrogens (tertiary/aromatic N) is 4. The van der Waals surface area contributed by atoms with E-state index in [1.807, 2.05) is 20.0 Å². The maximum Gasteiger partial charge on any atom is 0.230 e. The highest BCUT2D eigenvalue weighted by Crippen LogP contribution is 2.31. The Morgan fingerprint density at radius 2 is 2.17 bits per heavy atom. The van der Waals surface area contributed by atoms with Gasteiger partial charge in [0.05, 0.1) is 25.3 Å². The first kappa shape index (κ1) is 16.7. The number of amides is 1. The van der Waals surface area contributed by atoms with Crippen molar-refractivity contribution in [3.63, 3.8) is 0 Å². The van der Waals surface area contributed by atoms with Crippen LogP contribution in [0.1, 0.15) is 29.8 Å². The van der Waals surface area contributed by atoms with Gasteiger partial charge in [0.25, 0.3) is 0 Å². The molecule has 130 valence electrons. The number of methoxy groups -OCH3 is 1. The molecule has 1 saturated carbocycles. The molecule has 1 amide bonds. The maximum absolute atomic E-state index is 12.3. The Hall–Kier alpha value is -2.15. The number of anilines is 1. The molecule has 0 aliphatic heterocycles. The number of carbonyl (C=O) groups excluding carboxylic acids is 1. The minimum Gasteiger partial charge on any atom is -0.383 e. The lowest BCUT2D eigenvalue weighted by Crippen LogP contribution is -2.16. The molecule has 2 aromatic rings. The molecule has 2 aromatic heterocycles. The molecule has 0 spiro atoms. The molecule has 1 aliphatic rings. The summed E-state index contributed by atoms with van der Waals surface area (Å²) >= 11 is 0. The van der Waals surface area contributed by atoms with Crippen molar-refractivity contribution in [1.29, 1.82) is 0 Å². The van der Waals surface area contributed by atoms with Crippen LogP contribution in [0.15, 0.2) is 12.3 Å². The Balaban J connectivity index is 1.60. The van der Waals surface area contributed by atoms with E-state index in [-0.39, 0.29) is 5.91 Å². The Morgan fingerprint density at radius 3 is 2.88 bits per heavy atom. The minimum atomic E-state index is -0.0656. The van der Waals surface area contributed by atoms with E-state index in [4.69, 9.17) is 4.74 Å². The summed E-state index contributed by atoms with van der Waals surface area (Å²) in [6, 6.07) is 1.80. The van der Waals surface area contributed by atoms with E-state index >= 15 is 0 Å². The molecule has 1 fully saturated rings. The van der Waals surface area contributed by atoms with Crippen molar-refractivity contribution in [2.24, 2.45) is 5.92 Å². The van der Waals surface area contributed by atoms with Crippen molar-refractivity contribution in [2.75, 3.05) is 19.0 Å². The number of ether oxygens (including phenoxy) is 1. The Labute approximate surface area is 142 Å². The van der Waals surface area contributed by atoms with Crippen LogP contribution < -0.4 is 5.32 Å². The number of carbonyl (C=O) groups is 1. The van der Waals surface area contributed by atoms with Gasteiger partial charge in [0.2, 0.25) is 5.91 Å². The van der Waals surface area contributed by atoms with Crippen LogP contribution in [0, 0.1) is 19.8 Å². The summed E-state index contributed by atoms with van der Waals surface area (Å²) < 4.78 is 8.82. The smallest absolute Gasteiger partial charge is 0.230 e. The SMILES string of the molecule is COCCn1ccc(NC(=O)Cc2c(C)nn(CC3CC3)c2C)n1. The van der Waals surface area contributed by atoms with E-state index in [0.717, 1.165) is 29.4 Å². The second-order valence-electron chi connectivity index (χ2n) is 6.46. The molecule has 0 saturated heterocycles. The first-order chi connectivity index (χ1) is 11.6. The van der Waals surface area contributed by atoms with E-state index in [9.17, 15) is 4.79 Å². The highest BCUT2D eigenvalue weighted by molar-refractivity contribution is 5.91. The molecule has 2 heterocycles. The van der Waals surface area contributed by atoms with E-state index < -0.39 is 0 Å². The number of nitrogens with one attached hydrogen (secondary N) is 1. The molecule has 7 heteroatoms. The highest BCUT2D eigenvalue weighted by Gasteiger charge is 2.24. The lowest BCUT2D eigenvalue weighted by molar-refractivity contribution is -0.115. The van der Waals surface area contributed by atoms with Gasteiger partial charge in [-0.05, 0) is 32.6 Å². The monoisotopic (exact) mass is 331 g/mol. The first-order valence-corrected chi connectivity index (χ1v) is 8.42. The molecule has 0 bridgehead atoms. The van der Waals surface area contributed by atoms with Gasteiger partial charge in [-0.15, -0.1) is 0 Å². The summed E-state index contributed by atoms with van der Waals surface area (Å²) in [6.07, 6.45) is 4.74. The van der Waals surface area contributed by atoms with Gasteiger partial charge in [0, 0.05) is 37.2 Å². The van der Waals surface area contributed by atoms with Gasteiger partial charge < -0.3 is 10.1 Å². The third kappa shape index (κ3) is 4.03. The molecule has 24 heavy (non-hydrogen) atoms. The topological polar surface area (TPSA) is 74.0 Å². The molecule has 1 aliphatic carbocycles. The molecule has 0 unspecified atom stereocenters. The van der Waals surface area contributed by atoms with Crippen LogP contribution in [0.5, 0.6) is 0 Å². The standard InChI is InChI=1S/C17H25N5O2/c1-12-15(13(2)22(19-12)11-14-4-5-14)10-17(23)18-16-6-7-21(20-16)8-9-24-3/h6-7,14H,4-5,8-11H2,1-3H3,(H,18,20,23). The van der Waals surface area contributed by atoms with Crippen LogP contribution >= 0.6 is 0 Å². The van der Waals surface area contributed by atoms with Crippen LogP contribution in [0.2, 0.25) is 0 Å². The fraction of sp³-hybridized carbons (Fsp3) is 0.588. The zero-order chi connectivity index (χ0) is 17.1. The van der Waals surface area contributed by atoms with Crippen molar-refractivity contribution in [3.8, 4) is 0 Å². The van der Waals surface area contributed by atoms with Gasteiger partial charge >= 0.3 is 0 Å². The lowest BCUT2D eigenvalue weighted by Gasteiger charge is -2.05. The summed E-state index contributed by atoms with van der Waals surface area (Å²) in [7, 11) is 1.65. The van der Waals surface area contributed by atoms with Crippen molar-refractivity contribution >= 4 is 11.7 Å². The average Bonchev–Trinajstić information content (AvgIpc) is 3.20. The van der Waals surface area contributed by atoms with Gasteiger partial charge in [0.15, 0.2) is 5.82 Å². The molecule has 0 aromatic carbocycles. The third-order valence-electron chi connectivity index (χ3n) is 4.43. The first-order valence-electron chi connectivity index (χ1n) is 8.42. The van der Waals surface area contributed by atoms with Crippen LogP contribution in [0.3, 0.4) is 0 Å². The lowest BCUT2D eigenvalue weighted by atomic mass is 10.1. The Kier molecular flexibility index (Phi) is 4.99. The number of aryl methyl sites for hydroxylation is 1. The number of hydrogen-bond donors (Lipinski definition) is 1. The fourth-order valence-electron chi connectivity index (χ4n) is 2.80. The van der Waals surface area contributed by atoms with Crippen LogP contribution in [0.4, 0.5) is 5.82 Å². The fourth-order valence-corrected chi connectivity index (χ4v) is 2.80. The normalized spacial score (nSPS) is 14.1. The van der Waals surface area contributed by atoms with Crippen molar-refractivity contribution in [2.45, 2.75) is 46.2 Å². The third-order valence-corrected chi connectivity index (χ3v) is 4.43. The zero-order valence-electron chi connectivity index (χ0n) is 14.6. The predicted molar refractivity (Wildman–Crippen MR) is 90.9 cm³/mol. The molecule has 3 rings (SSSR count). The largest absolute Gasteiger partial charge is 0.383 e. The second-order valence-corrected chi connectivity index (χ2v) is 6.46. The molecule has 7 nitrogen and oxygen atoms in total. The van der Waals surface area contributed by atoms with Crippen LogP contribution in [-0.2, 0) is 29.0 Å². The van der Waals surface area contributed by atoms with Gasteiger partial charge in [-0.1, -0.05) is 0 Å².